The molecule has 1 aliphatic carbocycles. The van der Waals surface area contributed by atoms with E-state index in [1.807, 2.05) is 44.3 Å². The third kappa shape index (κ3) is 4.09. The molecule has 2 N–H and O–H groups in total. The molecule has 0 bridgehead atoms. The molecule has 3 heteroatoms. The van der Waals surface area contributed by atoms with Crippen LogP contribution in [0.5, 0.6) is 0 Å². The van der Waals surface area contributed by atoms with Gasteiger partial charge in [0, 0.05) is 19.7 Å². The monoisotopic (exact) mass is 221 g/mol. The van der Waals surface area contributed by atoms with Crippen molar-refractivity contribution in [1.82, 2.24) is 4.90 Å². The summed E-state index contributed by atoms with van der Waals surface area (Å²) in [6, 6.07) is 0.447. The topological polar surface area (TPSA) is 41.6 Å². The Bertz CT molecular complexity index is 294. The Kier molecular flexibility index (Phi) is 5.09. The molecule has 0 spiro atoms. The van der Waals surface area contributed by atoms with Crippen LogP contribution in [-0.2, 0) is 0 Å². The summed E-state index contributed by atoms with van der Waals surface area (Å²) in [5, 5.41) is 0. The number of nitrogens with two attached hydrogens (primary N) is 1. The Morgan fingerprint density at radius 1 is 1.31 bits per heavy atom. The Morgan fingerprint density at radius 3 is 2.44 bits per heavy atom. The van der Waals surface area contributed by atoms with Crippen LogP contribution in [0.15, 0.2) is 28.9 Å². The summed E-state index contributed by atoms with van der Waals surface area (Å²) in [5.41, 5.74) is 7.02. The molecular weight excluding hydrogens is 198 g/mol. The van der Waals surface area contributed by atoms with Crippen molar-refractivity contribution in [3.63, 3.8) is 0 Å². The van der Waals surface area contributed by atoms with E-state index in [-0.39, 0.29) is 0 Å². The Labute approximate surface area is 98.7 Å². The first-order chi connectivity index (χ1) is 7.63. The molecule has 1 rings (SSSR count). The second kappa shape index (κ2) is 6.36. The van der Waals surface area contributed by atoms with Crippen molar-refractivity contribution in [3.05, 3.63) is 23.9 Å². The maximum Gasteiger partial charge on any atom is 0.125 e. The highest BCUT2D eigenvalue weighted by atomic mass is 15.0. The Balaban J connectivity index is 2.65. The van der Waals surface area contributed by atoms with Gasteiger partial charge in [-0.3, -0.25) is 4.99 Å². The number of amidine groups is 1. The minimum absolute atomic E-state index is 0.447. The lowest BCUT2D eigenvalue weighted by molar-refractivity contribution is 0.563. The molecule has 0 radical (unpaired) electrons. The van der Waals surface area contributed by atoms with E-state index in [0.717, 1.165) is 5.57 Å². The summed E-state index contributed by atoms with van der Waals surface area (Å²) in [4.78, 5) is 6.57. The minimum atomic E-state index is 0.447. The molecule has 16 heavy (non-hydrogen) atoms. The van der Waals surface area contributed by atoms with Gasteiger partial charge >= 0.3 is 0 Å². The van der Waals surface area contributed by atoms with E-state index in [2.05, 4.69) is 4.99 Å². The van der Waals surface area contributed by atoms with Gasteiger partial charge in [-0.2, -0.15) is 0 Å². The average molecular weight is 221 g/mol. The van der Waals surface area contributed by atoms with E-state index in [1.54, 1.807) is 0 Å². The quantitative estimate of drug-likeness (QED) is 0.449. The van der Waals surface area contributed by atoms with Crippen molar-refractivity contribution in [2.75, 3.05) is 14.1 Å². The number of hydrogen-bond donors (Lipinski definition) is 1. The molecule has 0 saturated heterocycles. The standard InChI is InChI=1S/C13H23N3/c1-4-11(9-10-16(2)3)13(14)15-12-7-5-6-8-12/h4,9-10,12H,5-8H2,1-3H3,(H2,14,15)/b10-9+,11-4-. The normalized spacial score (nSPS) is 19.7. The zero-order valence-electron chi connectivity index (χ0n) is 10.6. The second-order valence-corrected chi connectivity index (χ2v) is 4.48. The molecule has 0 aromatic carbocycles. The van der Waals surface area contributed by atoms with Crippen LogP contribution in [0.4, 0.5) is 0 Å². The lowest BCUT2D eigenvalue weighted by Crippen LogP contribution is -2.17. The van der Waals surface area contributed by atoms with Gasteiger partial charge in [0.2, 0.25) is 0 Å². The number of rotatable bonds is 4. The van der Waals surface area contributed by atoms with Gasteiger partial charge in [0.1, 0.15) is 5.84 Å². The first-order valence-corrected chi connectivity index (χ1v) is 5.98. The highest BCUT2D eigenvalue weighted by molar-refractivity contribution is 5.99. The van der Waals surface area contributed by atoms with Crippen molar-refractivity contribution in [2.24, 2.45) is 10.7 Å². The molecule has 0 amide bonds. The summed E-state index contributed by atoms with van der Waals surface area (Å²) < 4.78 is 0. The summed E-state index contributed by atoms with van der Waals surface area (Å²) in [5.74, 6) is 0.674. The molecule has 1 aliphatic rings. The van der Waals surface area contributed by atoms with E-state index in [4.69, 9.17) is 5.73 Å². The fourth-order valence-electron chi connectivity index (χ4n) is 1.86. The molecule has 3 nitrogen and oxygen atoms in total. The van der Waals surface area contributed by atoms with Crippen LogP contribution >= 0.6 is 0 Å². The summed E-state index contributed by atoms with van der Waals surface area (Å²) >= 11 is 0. The molecule has 1 fully saturated rings. The van der Waals surface area contributed by atoms with Crippen molar-refractivity contribution in [2.45, 2.75) is 38.6 Å². The molecular formula is C13H23N3. The number of allylic oxidation sites excluding steroid dienone is 1. The SMILES string of the molecule is C/C=C(/C=C/N(C)C)C(N)=NC1CCCC1. The summed E-state index contributed by atoms with van der Waals surface area (Å²) in [6.07, 6.45) is 11.0. The maximum atomic E-state index is 6.01. The number of nitrogens with zero attached hydrogens (tertiary/aromatic N) is 2. The molecule has 0 aromatic heterocycles. The van der Waals surface area contributed by atoms with Gasteiger partial charge < -0.3 is 10.6 Å². The van der Waals surface area contributed by atoms with Crippen molar-refractivity contribution >= 4 is 5.84 Å². The molecule has 0 aromatic rings. The average Bonchev–Trinajstić information content (AvgIpc) is 2.71. The van der Waals surface area contributed by atoms with E-state index in [1.165, 1.54) is 25.7 Å². The van der Waals surface area contributed by atoms with Gasteiger partial charge in [-0.05, 0) is 32.0 Å². The Hall–Kier alpha value is -1.25. The van der Waals surface area contributed by atoms with E-state index in [9.17, 15) is 0 Å². The second-order valence-electron chi connectivity index (χ2n) is 4.48. The third-order valence-corrected chi connectivity index (χ3v) is 2.81. The fourth-order valence-corrected chi connectivity index (χ4v) is 1.86. The zero-order chi connectivity index (χ0) is 12.0. The highest BCUT2D eigenvalue weighted by Gasteiger charge is 2.14. The molecule has 0 unspecified atom stereocenters. The third-order valence-electron chi connectivity index (χ3n) is 2.81. The lowest BCUT2D eigenvalue weighted by Gasteiger charge is -2.08. The van der Waals surface area contributed by atoms with E-state index in [0.29, 0.717) is 11.9 Å². The van der Waals surface area contributed by atoms with Gasteiger partial charge in [-0.1, -0.05) is 18.9 Å². The predicted octanol–water partition coefficient (Wildman–Crippen LogP) is 2.31. The van der Waals surface area contributed by atoms with Gasteiger partial charge in [0.15, 0.2) is 0 Å². The lowest BCUT2D eigenvalue weighted by atomic mass is 10.2. The summed E-state index contributed by atoms with van der Waals surface area (Å²) in [6.45, 7) is 1.99. The fraction of sp³-hybridized carbons (Fsp3) is 0.615. The van der Waals surface area contributed by atoms with Crippen molar-refractivity contribution in [3.8, 4) is 0 Å². The molecule has 1 saturated carbocycles. The van der Waals surface area contributed by atoms with Gasteiger partial charge in [-0.25, -0.2) is 0 Å². The zero-order valence-corrected chi connectivity index (χ0v) is 10.6. The molecule has 0 atom stereocenters. The van der Waals surface area contributed by atoms with Crippen molar-refractivity contribution < 1.29 is 0 Å². The van der Waals surface area contributed by atoms with Crippen LogP contribution in [-0.4, -0.2) is 30.9 Å². The van der Waals surface area contributed by atoms with Crippen LogP contribution in [0.2, 0.25) is 0 Å². The Morgan fingerprint density at radius 2 is 1.94 bits per heavy atom. The maximum absolute atomic E-state index is 6.01. The van der Waals surface area contributed by atoms with E-state index >= 15 is 0 Å². The van der Waals surface area contributed by atoms with Gasteiger partial charge in [0.05, 0.1) is 6.04 Å². The first kappa shape index (κ1) is 12.8. The summed E-state index contributed by atoms with van der Waals surface area (Å²) in [7, 11) is 3.99. The smallest absolute Gasteiger partial charge is 0.125 e. The van der Waals surface area contributed by atoms with Crippen LogP contribution in [0.1, 0.15) is 32.6 Å². The van der Waals surface area contributed by atoms with Gasteiger partial charge in [0.25, 0.3) is 0 Å². The van der Waals surface area contributed by atoms with Crippen LogP contribution in [0, 0.1) is 0 Å². The number of aliphatic imine (C=N–C) groups is 1. The van der Waals surface area contributed by atoms with Crippen LogP contribution in [0.25, 0.3) is 0 Å². The minimum Gasteiger partial charge on any atom is -0.384 e. The first-order valence-electron chi connectivity index (χ1n) is 5.98. The van der Waals surface area contributed by atoms with Gasteiger partial charge in [-0.15, -0.1) is 0 Å². The van der Waals surface area contributed by atoms with Crippen LogP contribution in [0.3, 0.4) is 0 Å². The van der Waals surface area contributed by atoms with E-state index < -0.39 is 0 Å². The predicted molar refractivity (Wildman–Crippen MR) is 70.5 cm³/mol. The molecule has 0 aliphatic heterocycles. The molecule has 0 heterocycles. The largest absolute Gasteiger partial charge is 0.384 e. The van der Waals surface area contributed by atoms with Crippen LogP contribution < -0.4 is 5.73 Å². The van der Waals surface area contributed by atoms with Crippen molar-refractivity contribution in [1.29, 1.82) is 0 Å². The molecule has 90 valence electrons. The number of hydrogen-bond acceptors (Lipinski definition) is 2. The highest BCUT2D eigenvalue weighted by Crippen LogP contribution is 2.21.